The second-order valence-electron chi connectivity index (χ2n) is 5.51. The molecule has 1 atom stereocenters. The fourth-order valence-electron chi connectivity index (χ4n) is 2.28. The average molecular weight is 313 g/mol. The number of nitrogens with zero attached hydrogens (tertiary/aromatic N) is 1. The Kier molecular flexibility index (Phi) is 6.08. The third-order valence-corrected chi connectivity index (χ3v) is 5.77. The number of hydrogen-bond acceptors (Lipinski definition) is 5. The Morgan fingerprint density at radius 1 is 1.35 bits per heavy atom. The first-order chi connectivity index (χ1) is 9.54. The Balaban J connectivity index is 1.78. The van der Waals surface area contributed by atoms with Crippen LogP contribution in [0.25, 0.3) is 0 Å². The van der Waals surface area contributed by atoms with Crippen molar-refractivity contribution in [2.75, 3.05) is 19.6 Å². The fourth-order valence-corrected chi connectivity index (χ4v) is 4.71. The van der Waals surface area contributed by atoms with Crippen LogP contribution in [-0.4, -0.2) is 40.7 Å². The number of ketones is 1. The zero-order valence-corrected chi connectivity index (χ0v) is 13.8. The summed E-state index contributed by atoms with van der Waals surface area (Å²) >= 11 is 3.54. The molecule has 3 nitrogen and oxygen atoms in total. The van der Waals surface area contributed by atoms with Gasteiger partial charge in [0.2, 0.25) is 0 Å². The Morgan fingerprint density at radius 3 is 2.70 bits per heavy atom. The Labute approximate surface area is 129 Å². The maximum atomic E-state index is 11.2. The van der Waals surface area contributed by atoms with Crippen molar-refractivity contribution in [3.63, 3.8) is 0 Å². The summed E-state index contributed by atoms with van der Waals surface area (Å²) in [4.78, 5) is 14.5. The molecule has 0 bridgehead atoms. The largest absolute Gasteiger partial charge is 0.388 e. The van der Waals surface area contributed by atoms with Crippen molar-refractivity contribution in [1.29, 1.82) is 0 Å². The number of piperidine rings is 1. The highest BCUT2D eigenvalue weighted by Gasteiger charge is 2.18. The highest BCUT2D eigenvalue weighted by Crippen LogP contribution is 2.34. The summed E-state index contributed by atoms with van der Waals surface area (Å²) in [6, 6.07) is 4.15. The summed E-state index contributed by atoms with van der Waals surface area (Å²) in [7, 11) is 0. The lowest BCUT2D eigenvalue weighted by Crippen LogP contribution is -2.35. The molecule has 0 radical (unpaired) electrons. The lowest BCUT2D eigenvalue weighted by Gasteiger charge is -2.26. The van der Waals surface area contributed by atoms with Crippen molar-refractivity contribution in [2.45, 2.75) is 48.7 Å². The Hall–Kier alpha value is -0.360. The van der Waals surface area contributed by atoms with E-state index >= 15 is 0 Å². The van der Waals surface area contributed by atoms with E-state index < -0.39 is 0 Å². The zero-order chi connectivity index (χ0) is 14.5. The number of rotatable bonds is 6. The van der Waals surface area contributed by atoms with Crippen molar-refractivity contribution < 1.29 is 9.90 Å². The smallest absolute Gasteiger partial charge is 0.135 e. The highest BCUT2D eigenvalue weighted by atomic mass is 32.2. The molecule has 1 aromatic rings. The van der Waals surface area contributed by atoms with Crippen LogP contribution in [-0.2, 0) is 4.79 Å². The summed E-state index contributed by atoms with van der Waals surface area (Å²) in [5.74, 6) is 0.371. The minimum absolute atomic E-state index is 0.371. The van der Waals surface area contributed by atoms with Crippen LogP contribution in [0.1, 0.15) is 44.1 Å². The number of carbonyl (C=O) groups excluding carboxylic acids is 1. The third-order valence-electron chi connectivity index (χ3n) is 3.41. The van der Waals surface area contributed by atoms with Crippen LogP contribution in [0.15, 0.2) is 16.3 Å². The molecular formula is C15H23NO2S2. The monoisotopic (exact) mass is 313 g/mol. The first kappa shape index (κ1) is 16.0. The lowest BCUT2D eigenvalue weighted by molar-refractivity contribution is -0.121. The van der Waals surface area contributed by atoms with E-state index in [9.17, 15) is 9.90 Å². The van der Waals surface area contributed by atoms with Crippen LogP contribution in [0.3, 0.4) is 0 Å². The number of carbonyl (C=O) groups is 1. The van der Waals surface area contributed by atoms with E-state index in [4.69, 9.17) is 0 Å². The van der Waals surface area contributed by atoms with Crippen LogP contribution in [0, 0.1) is 0 Å². The molecule has 1 unspecified atom stereocenters. The van der Waals surface area contributed by atoms with Gasteiger partial charge in [-0.3, -0.25) is 4.79 Å². The highest BCUT2D eigenvalue weighted by molar-refractivity contribution is 8.01. The van der Waals surface area contributed by atoms with Crippen molar-refractivity contribution in [3.05, 3.63) is 17.0 Å². The maximum Gasteiger partial charge on any atom is 0.135 e. The maximum absolute atomic E-state index is 11.2. The molecule has 112 valence electrons. The molecule has 0 aliphatic carbocycles. The lowest BCUT2D eigenvalue weighted by atomic mass is 10.1. The molecule has 5 heteroatoms. The minimum Gasteiger partial charge on any atom is -0.388 e. The zero-order valence-electron chi connectivity index (χ0n) is 12.2. The normalized spacial score (nSPS) is 18.7. The van der Waals surface area contributed by atoms with E-state index in [0.717, 1.165) is 30.9 Å². The topological polar surface area (TPSA) is 40.5 Å². The number of thiophene rings is 1. The van der Waals surface area contributed by atoms with Gasteiger partial charge in [0, 0.05) is 42.6 Å². The fraction of sp³-hybridized carbons (Fsp3) is 0.667. The number of aliphatic hydroxyl groups is 1. The van der Waals surface area contributed by atoms with Gasteiger partial charge >= 0.3 is 0 Å². The van der Waals surface area contributed by atoms with E-state index in [-0.39, 0.29) is 6.10 Å². The molecule has 1 aliphatic rings. The Morgan fingerprint density at radius 2 is 2.05 bits per heavy atom. The standard InChI is InChI=1S/C15H23NO2S2/c1-11(2)19-15-4-3-14(20-15)13(18)7-10-16-8-5-12(17)6-9-16/h3-4,11,13,18H,5-10H2,1-2H3. The van der Waals surface area contributed by atoms with Gasteiger partial charge < -0.3 is 10.0 Å². The van der Waals surface area contributed by atoms with Gasteiger partial charge in [-0.15, -0.1) is 23.1 Å². The minimum atomic E-state index is -0.376. The molecule has 1 N–H and O–H groups in total. The van der Waals surface area contributed by atoms with E-state index in [1.54, 1.807) is 11.3 Å². The second kappa shape index (κ2) is 7.59. The van der Waals surface area contributed by atoms with Crippen molar-refractivity contribution in [2.24, 2.45) is 0 Å². The number of Topliss-reactive ketones (excluding diaryl/α,β-unsaturated/α-hetero) is 1. The van der Waals surface area contributed by atoms with Crippen molar-refractivity contribution in [3.8, 4) is 0 Å². The molecule has 0 aromatic carbocycles. The molecule has 0 saturated carbocycles. The average Bonchev–Trinajstić information content (AvgIpc) is 2.85. The number of thioether (sulfide) groups is 1. The molecule has 1 fully saturated rings. The number of hydrogen-bond donors (Lipinski definition) is 1. The quantitative estimate of drug-likeness (QED) is 0.818. The van der Waals surface area contributed by atoms with Gasteiger partial charge in [0.1, 0.15) is 5.78 Å². The first-order valence-corrected chi connectivity index (χ1v) is 8.92. The van der Waals surface area contributed by atoms with E-state index in [2.05, 4.69) is 24.8 Å². The second-order valence-corrected chi connectivity index (χ2v) is 8.50. The van der Waals surface area contributed by atoms with Gasteiger partial charge in [-0.1, -0.05) is 13.8 Å². The van der Waals surface area contributed by atoms with Gasteiger partial charge in [-0.2, -0.15) is 0 Å². The molecule has 1 aliphatic heterocycles. The third kappa shape index (κ3) is 4.88. The van der Waals surface area contributed by atoms with Crippen molar-refractivity contribution in [1.82, 2.24) is 4.90 Å². The summed E-state index contributed by atoms with van der Waals surface area (Å²) in [5.41, 5.74) is 0. The first-order valence-electron chi connectivity index (χ1n) is 7.23. The Bertz CT molecular complexity index is 435. The SMILES string of the molecule is CC(C)Sc1ccc(C(O)CCN2CCC(=O)CC2)s1. The number of likely N-dealkylation sites (tertiary alicyclic amines) is 1. The molecule has 1 saturated heterocycles. The van der Waals surface area contributed by atoms with Gasteiger partial charge in [0.15, 0.2) is 0 Å². The van der Waals surface area contributed by atoms with Gasteiger partial charge in [0.25, 0.3) is 0 Å². The number of aliphatic hydroxyl groups excluding tert-OH is 1. The summed E-state index contributed by atoms with van der Waals surface area (Å²) in [5, 5.41) is 10.8. The summed E-state index contributed by atoms with van der Waals surface area (Å²) in [6.07, 6.45) is 1.72. The summed E-state index contributed by atoms with van der Waals surface area (Å²) in [6.45, 7) is 6.93. The van der Waals surface area contributed by atoms with Crippen LogP contribution in [0.5, 0.6) is 0 Å². The van der Waals surface area contributed by atoms with Gasteiger partial charge in [-0.05, 0) is 18.6 Å². The molecular weight excluding hydrogens is 290 g/mol. The van der Waals surface area contributed by atoms with E-state index in [1.807, 2.05) is 17.8 Å². The van der Waals surface area contributed by atoms with E-state index in [0.29, 0.717) is 23.9 Å². The van der Waals surface area contributed by atoms with E-state index in [1.165, 1.54) is 4.21 Å². The van der Waals surface area contributed by atoms with Crippen LogP contribution in [0.4, 0.5) is 0 Å². The molecule has 0 spiro atoms. The molecule has 1 aromatic heterocycles. The molecule has 0 amide bonds. The molecule has 2 heterocycles. The predicted octanol–water partition coefficient (Wildman–Crippen LogP) is 3.34. The van der Waals surface area contributed by atoms with Gasteiger partial charge in [0.05, 0.1) is 10.3 Å². The van der Waals surface area contributed by atoms with Crippen molar-refractivity contribution >= 4 is 28.9 Å². The predicted molar refractivity (Wildman–Crippen MR) is 85.6 cm³/mol. The van der Waals surface area contributed by atoms with Crippen LogP contribution >= 0.6 is 23.1 Å². The molecule has 20 heavy (non-hydrogen) atoms. The van der Waals surface area contributed by atoms with Crippen LogP contribution in [0.2, 0.25) is 0 Å². The van der Waals surface area contributed by atoms with Gasteiger partial charge in [-0.25, -0.2) is 0 Å². The van der Waals surface area contributed by atoms with Crippen LogP contribution < -0.4 is 0 Å². The molecule has 2 rings (SSSR count). The summed E-state index contributed by atoms with van der Waals surface area (Å²) < 4.78 is 1.28.